The van der Waals surface area contributed by atoms with Gasteiger partial charge in [-0.15, -0.1) is 32.9 Å². The average molecular weight is 454 g/mol. The number of anilines is 1. The first-order valence-electron chi connectivity index (χ1n) is 9.66. The van der Waals surface area contributed by atoms with E-state index in [1.54, 1.807) is 11.3 Å². The number of amides is 1. The highest BCUT2D eigenvalue weighted by Gasteiger charge is 2.31. The van der Waals surface area contributed by atoms with Crippen LogP contribution in [0.15, 0.2) is 58.4 Å². The third-order valence-electron chi connectivity index (χ3n) is 4.77. The molecule has 1 atom stereocenters. The molecule has 5 rings (SSSR count). The van der Waals surface area contributed by atoms with Gasteiger partial charge in [0.15, 0.2) is 16.1 Å². The topological polar surface area (TPSA) is 72.7 Å². The minimum Gasteiger partial charge on any atom is -0.301 e. The lowest BCUT2D eigenvalue weighted by Gasteiger charge is -2.12. The van der Waals surface area contributed by atoms with Crippen LogP contribution in [0.25, 0.3) is 22.0 Å². The van der Waals surface area contributed by atoms with Gasteiger partial charge in [0.25, 0.3) is 0 Å². The van der Waals surface area contributed by atoms with Crippen molar-refractivity contribution in [2.75, 3.05) is 5.32 Å². The Balaban J connectivity index is 1.29. The number of nitrogens with zero attached hydrogens (tertiary/aromatic N) is 4. The number of thiazole rings is 1. The van der Waals surface area contributed by atoms with Crippen molar-refractivity contribution in [2.45, 2.75) is 36.2 Å². The van der Waals surface area contributed by atoms with E-state index in [0.717, 1.165) is 40.0 Å². The number of benzene rings is 1. The molecule has 4 aromatic rings. The number of hydrogen-bond acceptors (Lipinski definition) is 7. The Morgan fingerprint density at radius 1 is 1.17 bits per heavy atom. The quantitative estimate of drug-likeness (QED) is 0.370. The number of carbonyl (C=O) groups is 1. The van der Waals surface area contributed by atoms with Crippen molar-refractivity contribution in [1.29, 1.82) is 0 Å². The van der Waals surface area contributed by atoms with Crippen LogP contribution < -0.4 is 5.32 Å². The van der Waals surface area contributed by atoms with Crippen LogP contribution in [-0.4, -0.2) is 30.9 Å². The molecule has 1 aromatic carbocycles. The van der Waals surface area contributed by atoms with Gasteiger partial charge in [0, 0.05) is 17.0 Å². The molecule has 30 heavy (non-hydrogen) atoms. The molecule has 3 aromatic heterocycles. The summed E-state index contributed by atoms with van der Waals surface area (Å²) < 4.78 is 2.19. The van der Waals surface area contributed by atoms with E-state index in [1.165, 1.54) is 23.1 Å². The average Bonchev–Trinajstić information content (AvgIpc) is 3.14. The zero-order valence-electron chi connectivity index (χ0n) is 16.2. The van der Waals surface area contributed by atoms with Crippen LogP contribution in [0.5, 0.6) is 0 Å². The maximum atomic E-state index is 12.8. The first kappa shape index (κ1) is 19.5. The van der Waals surface area contributed by atoms with Crippen LogP contribution in [0.3, 0.4) is 0 Å². The molecule has 152 valence electrons. The van der Waals surface area contributed by atoms with Crippen LogP contribution in [-0.2, 0) is 4.79 Å². The van der Waals surface area contributed by atoms with Gasteiger partial charge < -0.3 is 5.32 Å². The smallest absolute Gasteiger partial charge is 0.239 e. The molecule has 3 heterocycles. The minimum absolute atomic E-state index is 0.0861. The number of rotatable bonds is 7. The van der Waals surface area contributed by atoms with Gasteiger partial charge in [0.05, 0.1) is 15.8 Å². The number of hydrogen-bond donors (Lipinski definition) is 1. The summed E-state index contributed by atoms with van der Waals surface area (Å²) in [6, 6.07) is 14.5. The molecule has 0 bridgehead atoms. The van der Waals surface area contributed by atoms with Gasteiger partial charge in [-0.1, -0.05) is 48.2 Å². The number of thiophene rings is 1. The largest absolute Gasteiger partial charge is 0.301 e. The van der Waals surface area contributed by atoms with Crippen LogP contribution in [0.2, 0.25) is 0 Å². The Labute approximate surface area is 186 Å². The van der Waals surface area contributed by atoms with Crippen LogP contribution in [0.4, 0.5) is 5.13 Å². The predicted octanol–water partition coefficient (Wildman–Crippen LogP) is 5.58. The van der Waals surface area contributed by atoms with Gasteiger partial charge in [-0.05, 0) is 31.2 Å². The summed E-state index contributed by atoms with van der Waals surface area (Å²) in [5, 5.41) is 16.8. The summed E-state index contributed by atoms with van der Waals surface area (Å²) in [5.74, 6) is 0.812. The first-order chi connectivity index (χ1) is 14.7. The Morgan fingerprint density at radius 3 is 2.73 bits per heavy atom. The van der Waals surface area contributed by atoms with Crippen molar-refractivity contribution in [3.8, 4) is 22.0 Å². The maximum Gasteiger partial charge on any atom is 0.239 e. The van der Waals surface area contributed by atoms with Gasteiger partial charge in [-0.2, -0.15) is 0 Å². The molecule has 1 saturated carbocycles. The first-order valence-corrected chi connectivity index (χ1v) is 12.3. The maximum absolute atomic E-state index is 12.8. The third kappa shape index (κ3) is 4.05. The fraction of sp³-hybridized carbons (Fsp3) is 0.238. The lowest BCUT2D eigenvalue weighted by atomic mass is 10.2. The predicted molar refractivity (Wildman–Crippen MR) is 123 cm³/mol. The number of carbonyl (C=O) groups excluding carboxylic acids is 1. The normalized spacial score (nSPS) is 14.6. The second-order valence-corrected chi connectivity index (χ2v) is 10.2. The number of thioether (sulfide) groups is 1. The molecule has 1 amide bonds. The van der Waals surface area contributed by atoms with E-state index in [4.69, 9.17) is 0 Å². The van der Waals surface area contributed by atoms with Gasteiger partial charge >= 0.3 is 0 Å². The second kappa shape index (κ2) is 8.33. The van der Waals surface area contributed by atoms with Crippen molar-refractivity contribution >= 4 is 45.5 Å². The van der Waals surface area contributed by atoms with Gasteiger partial charge in [-0.25, -0.2) is 4.98 Å². The summed E-state index contributed by atoms with van der Waals surface area (Å²) in [4.78, 5) is 18.4. The Morgan fingerprint density at radius 2 is 2.00 bits per heavy atom. The fourth-order valence-electron chi connectivity index (χ4n) is 3.08. The zero-order valence-corrected chi connectivity index (χ0v) is 18.6. The van der Waals surface area contributed by atoms with E-state index in [1.807, 2.05) is 54.1 Å². The molecule has 0 saturated heterocycles. The molecule has 1 aliphatic carbocycles. The van der Waals surface area contributed by atoms with Crippen molar-refractivity contribution in [1.82, 2.24) is 19.7 Å². The van der Waals surface area contributed by atoms with Gasteiger partial charge in [0.2, 0.25) is 5.91 Å². The highest BCUT2D eigenvalue weighted by molar-refractivity contribution is 8.00. The monoisotopic (exact) mass is 453 g/mol. The molecule has 1 fully saturated rings. The molecule has 0 spiro atoms. The summed E-state index contributed by atoms with van der Waals surface area (Å²) in [5.41, 5.74) is 1.90. The van der Waals surface area contributed by atoms with E-state index in [2.05, 4.69) is 31.1 Å². The molecule has 9 heteroatoms. The third-order valence-corrected chi connectivity index (χ3v) is 7.45. The lowest BCUT2D eigenvalue weighted by Crippen LogP contribution is -2.22. The van der Waals surface area contributed by atoms with Crippen molar-refractivity contribution in [2.24, 2.45) is 0 Å². The fourth-order valence-corrected chi connectivity index (χ4v) is 5.43. The molecular weight excluding hydrogens is 434 g/mol. The second-order valence-electron chi connectivity index (χ2n) is 7.04. The van der Waals surface area contributed by atoms with E-state index in [9.17, 15) is 4.79 Å². The summed E-state index contributed by atoms with van der Waals surface area (Å²) in [6.07, 6.45) is 2.26. The minimum atomic E-state index is -0.313. The molecule has 0 aliphatic heterocycles. The van der Waals surface area contributed by atoms with E-state index >= 15 is 0 Å². The molecular formula is C21H19N5OS3. The summed E-state index contributed by atoms with van der Waals surface area (Å²) in [6.45, 7) is 1.89. The lowest BCUT2D eigenvalue weighted by molar-refractivity contribution is -0.115. The standard InChI is InChI=1S/C21H19N5OS3/c1-13(19(27)23-20-22-16(12-29-20)14-6-3-2-4-7-14)30-21-25-24-18(17-8-5-11-28-17)26(21)15-9-10-15/h2-8,11-13,15H,9-10H2,1H3,(H,22,23,27)/t13-/m0/s1. The van der Waals surface area contributed by atoms with Crippen molar-refractivity contribution in [3.05, 3.63) is 53.2 Å². The molecule has 1 N–H and O–H groups in total. The van der Waals surface area contributed by atoms with Crippen molar-refractivity contribution < 1.29 is 4.79 Å². The Bertz CT molecular complexity index is 1150. The van der Waals surface area contributed by atoms with Crippen LogP contribution in [0.1, 0.15) is 25.8 Å². The van der Waals surface area contributed by atoms with Crippen LogP contribution in [0, 0.1) is 0 Å². The SMILES string of the molecule is C[C@H](Sc1nnc(-c2cccs2)n1C1CC1)C(=O)Nc1nc(-c2ccccc2)cs1. The van der Waals surface area contributed by atoms with E-state index in [-0.39, 0.29) is 11.2 Å². The van der Waals surface area contributed by atoms with Crippen molar-refractivity contribution in [3.63, 3.8) is 0 Å². The Hall–Kier alpha value is -2.49. The number of aromatic nitrogens is 4. The van der Waals surface area contributed by atoms with Gasteiger partial charge in [-0.3, -0.25) is 9.36 Å². The Kier molecular flexibility index (Phi) is 5.41. The highest BCUT2D eigenvalue weighted by Crippen LogP contribution is 2.42. The van der Waals surface area contributed by atoms with Crippen LogP contribution >= 0.6 is 34.4 Å². The number of nitrogens with one attached hydrogen (secondary N) is 1. The van der Waals surface area contributed by atoms with Gasteiger partial charge in [0.1, 0.15) is 0 Å². The highest BCUT2D eigenvalue weighted by atomic mass is 32.2. The van der Waals surface area contributed by atoms with E-state index in [0.29, 0.717) is 11.2 Å². The van der Waals surface area contributed by atoms with E-state index < -0.39 is 0 Å². The molecule has 1 aliphatic rings. The summed E-state index contributed by atoms with van der Waals surface area (Å²) in [7, 11) is 0. The molecule has 6 nitrogen and oxygen atoms in total. The summed E-state index contributed by atoms with van der Waals surface area (Å²) >= 11 is 4.54. The molecule has 0 radical (unpaired) electrons. The zero-order chi connectivity index (χ0) is 20.5. The molecule has 0 unspecified atom stereocenters.